The summed E-state index contributed by atoms with van der Waals surface area (Å²) in [7, 11) is -3.85. The molecule has 0 spiro atoms. The summed E-state index contributed by atoms with van der Waals surface area (Å²) in [6, 6.07) is 12.5. The molecule has 1 amide bonds. The molecule has 0 unspecified atom stereocenters. The first-order chi connectivity index (χ1) is 13.8. The van der Waals surface area contributed by atoms with Crippen LogP contribution in [0.2, 0.25) is 0 Å². The quantitative estimate of drug-likeness (QED) is 0.727. The summed E-state index contributed by atoms with van der Waals surface area (Å²) in [4.78, 5) is 13.3. The molecule has 0 aliphatic heterocycles. The number of rotatable bonds is 7. The molecule has 1 fully saturated rings. The maximum absolute atomic E-state index is 13.2. The first-order valence-corrected chi connectivity index (χ1v) is 11.7. The molecule has 1 saturated carbocycles. The second kappa shape index (κ2) is 9.09. The van der Waals surface area contributed by atoms with E-state index in [0.717, 1.165) is 36.8 Å². The highest BCUT2D eigenvalue weighted by molar-refractivity contribution is 7.89. The molecule has 0 saturated heterocycles. The fourth-order valence-corrected chi connectivity index (χ4v) is 5.89. The van der Waals surface area contributed by atoms with Crippen LogP contribution in [0.25, 0.3) is 0 Å². The molecule has 3 rings (SSSR count). The summed E-state index contributed by atoms with van der Waals surface area (Å²) >= 11 is 0. The zero-order chi connectivity index (χ0) is 21.0. The van der Waals surface area contributed by atoms with Crippen molar-refractivity contribution in [2.45, 2.75) is 69.9 Å². The minimum absolute atomic E-state index is 0.133. The Labute approximate surface area is 174 Å². The second-order valence-electron chi connectivity index (χ2n) is 8.08. The van der Waals surface area contributed by atoms with Crippen molar-refractivity contribution >= 4 is 15.9 Å². The number of hydrogen-bond acceptors (Lipinski definition) is 3. The number of aryl methyl sites for hydroxylation is 3. The van der Waals surface area contributed by atoms with Crippen LogP contribution in [0.15, 0.2) is 47.4 Å². The molecule has 2 N–H and O–H groups in total. The van der Waals surface area contributed by atoms with Crippen LogP contribution in [0.1, 0.15) is 47.9 Å². The van der Waals surface area contributed by atoms with E-state index < -0.39 is 16.1 Å². The molecule has 1 aliphatic rings. The molecule has 0 aromatic heterocycles. The first-order valence-electron chi connectivity index (χ1n) is 10.2. The van der Waals surface area contributed by atoms with Gasteiger partial charge in [-0.15, -0.1) is 0 Å². The molecular weight excluding hydrogens is 384 g/mol. The van der Waals surface area contributed by atoms with E-state index in [4.69, 9.17) is 0 Å². The van der Waals surface area contributed by atoms with Crippen molar-refractivity contribution in [3.05, 3.63) is 64.7 Å². The molecule has 1 aliphatic carbocycles. The molecule has 0 heterocycles. The van der Waals surface area contributed by atoms with Crippen LogP contribution in [0.4, 0.5) is 0 Å². The van der Waals surface area contributed by atoms with Gasteiger partial charge in [-0.3, -0.25) is 4.79 Å². The number of hydrogen-bond donors (Lipinski definition) is 2. The van der Waals surface area contributed by atoms with Crippen molar-refractivity contribution in [2.24, 2.45) is 0 Å². The van der Waals surface area contributed by atoms with Gasteiger partial charge in [0.05, 0.1) is 4.90 Å². The summed E-state index contributed by atoms with van der Waals surface area (Å²) in [5, 5.41) is 3.05. The van der Waals surface area contributed by atoms with Crippen molar-refractivity contribution in [3.8, 4) is 0 Å². The van der Waals surface area contributed by atoms with Crippen molar-refractivity contribution in [1.29, 1.82) is 0 Å². The normalized spacial score (nSPS) is 16.0. The van der Waals surface area contributed by atoms with Gasteiger partial charge in [-0.2, -0.15) is 4.72 Å². The predicted octanol–water partition coefficient (Wildman–Crippen LogP) is 3.56. The summed E-state index contributed by atoms with van der Waals surface area (Å²) in [6.07, 6.45) is 4.41. The number of amides is 1. The van der Waals surface area contributed by atoms with Gasteiger partial charge in [-0.1, -0.05) is 60.9 Å². The van der Waals surface area contributed by atoms with Gasteiger partial charge in [0, 0.05) is 6.04 Å². The van der Waals surface area contributed by atoms with Crippen LogP contribution in [0.5, 0.6) is 0 Å². The van der Waals surface area contributed by atoms with Gasteiger partial charge < -0.3 is 5.32 Å². The monoisotopic (exact) mass is 414 g/mol. The molecule has 0 bridgehead atoms. The van der Waals surface area contributed by atoms with E-state index in [1.807, 2.05) is 49.4 Å². The van der Waals surface area contributed by atoms with Gasteiger partial charge in [-0.05, 0) is 56.7 Å². The highest BCUT2D eigenvalue weighted by atomic mass is 32.2. The van der Waals surface area contributed by atoms with E-state index in [1.54, 1.807) is 13.8 Å². The summed E-state index contributed by atoms with van der Waals surface area (Å²) in [5.41, 5.74) is 3.30. The first kappa shape index (κ1) is 21.5. The molecular formula is C23H30N2O3S. The van der Waals surface area contributed by atoms with E-state index >= 15 is 0 Å². The third-order valence-corrected chi connectivity index (χ3v) is 7.25. The molecule has 29 heavy (non-hydrogen) atoms. The summed E-state index contributed by atoms with van der Waals surface area (Å²) in [6.45, 7) is 5.52. The molecule has 2 aromatic rings. The molecule has 6 heteroatoms. The van der Waals surface area contributed by atoms with E-state index in [1.165, 1.54) is 0 Å². The van der Waals surface area contributed by atoms with E-state index in [0.29, 0.717) is 17.5 Å². The van der Waals surface area contributed by atoms with Crippen molar-refractivity contribution in [3.63, 3.8) is 0 Å². The Morgan fingerprint density at radius 3 is 2.21 bits per heavy atom. The van der Waals surface area contributed by atoms with Crippen molar-refractivity contribution in [2.75, 3.05) is 0 Å². The van der Waals surface area contributed by atoms with Crippen molar-refractivity contribution < 1.29 is 13.2 Å². The maximum Gasteiger partial charge on any atom is 0.241 e. The smallest absolute Gasteiger partial charge is 0.241 e. The van der Waals surface area contributed by atoms with Crippen LogP contribution in [0.3, 0.4) is 0 Å². The topological polar surface area (TPSA) is 75.3 Å². The van der Waals surface area contributed by atoms with Crippen LogP contribution in [-0.4, -0.2) is 26.4 Å². The summed E-state index contributed by atoms with van der Waals surface area (Å²) < 4.78 is 29.2. The Kier molecular flexibility index (Phi) is 6.75. The predicted molar refractivity (Wildman–Crippen MR) is 115 cm³/mol. The third kappa shape index (κ3) is 5.46. The number of carbonyl (C=O) groups is 1. The van der Waals surface area contributed by atoms with Crippen LogP contribution >= 0.6 is 0 Å². The second-order valence-corrected chi connectivity index (χ2v) is 9.73. The number of sulfonamides is 1. The Bertz CT molecular complexity index is 942. The van der Waals surface area contributed by atoms with Gasteiger partial charge in [-0.25, -0.2) is 8.42 Å². The Morgan fingerprint density at radius 2 is 1.62 bits per heavy atom. The Hall–Kier alpha value is -2.18. The lowest BCUT2D eigenvalue weighted by atomic mass is 10.1. The standard InChI is InChI=1S/C23H30N2O3S/c1-16-13-17(2)22(18(3)14-16)29(27,28)25-21(15-19-9-5-4-6-10-19)23(26)24-20-11-7-8-12-20/h4-6,9-10,13-14,20-21,25H,7-8,11-12,15H2,1-3H3,(H,24,26)/t21-/m1/s1. The molecule has 5 nitrogen and oxygen atoms in total. The lowest BCUT2D eigenvalue weighted by molar-refractivity contribution is -0.123. The zero-order valence-electron chi connectivity index (χ0n) is 17.4. The van der Waals surface area contributed by atoms with Gasteiger partial charge in [0.15, 0.2) is 0 Å². The average Bonchev–Trinajstić information content (AvgIpc) is 3.13. The number of carbonyl (C=O) groups excluding carboxylic acids is 1. The lowest BCUT2D eigenvalue weighted by Crippen LogP contribution is -2.50. The van der Waals surface area contributed by atoms with Crippen LogP contribution < -0.4 is 10.0 Å². The van der Waals surface area contributed by atoms with Gasteiger partial charge >= 0.3 is 0 Å². The van der Waals surface area contributed by atoms with Crippen LogP contribution in [0, 0.1) is 20.8 Å². The molecule has 1 atom stereocenters. The third-order valence-electron chi connectivity index (χ3n) is 5.47. The van der Waals surface area contributed by atoms with Crippen LogP contribution in [-0.2, 0) is 21.2 Å². The average molecular weight is 415 g/mol. The highest BCUT2D eigenvalue weighted by Crippen LogP contribution is 2.23. The fourth-order valence-electron chi connectivity index (χ4n) is 4.25. The zero-order valence-corrected chi connectivity index (χ0v) is 18.2. The van der Waals surface area contributed by atoms with Gasteiger partial charge in [0.2, 0.25) is 15.9 Å². The maximum atomic E-state index is 13.2. The number of nitrogens with one attached hydrogen (secondary N) is 2. The molecule has 156 valence electrons. The van der Waals surface area contributed by atoms with Crippen molar-refractivity contribution in [1.82, 2.24) is 10.0 Å². The van der Waals surface area contributed by atoms with Gasteiger partial charge in [0.1, 0.15) is 6.04 Å². The SMILES string of the molecule is Cc1cc(C)c(S(=O)(=O)N[C@H](Cc2ccccc2)C(=O)NC2CCCC2)c(C)c1. The largest absolute Gasteiger partial charge is 0.352 e. The number of benzene rings is 2. The Balaban J connectivity index is 1.87. The lowest BCUT2D eigenvalue weighted by Gasteiger charge is -2.22. The fraction of sp³-hybridized carbons (Fsp3) is 0.435. The Morgan fingerprint density at radius 1 is 1.03 bits per heavy atom. The minimum atomic E-state index is -3.85. The van der Waals surface area contributed by atoms with E-state index in [-0.39, 0.29) is 16.8 Å². The minimum Gasteiger partial charge on any atom is -0.352 e. The van der Waals surface area contributed by atoms with Gasteiger partial charge in [0.25, 0.3) is 0 Å². The van der Waals surface area contributed by atoms with E-state index in [9.17, 15) is 13.2 Å². The summed E-state index contributed by atoms with van der Waals surface area (Å²) in [5.74, 6) is -0.258. The van der Waals surface area contributed by atoms with E-state index in [2.05, 4.69) is 10.0 Å². The molecule has 2 aromatic carbocycles. The highest BCUT2D eigenvalue weighted by Gasteiger charge is 2.30. The molecule has 0 radical (unpaired) electrons.